The van der Waals surface area contributed by atoms with Crippen LogP contribution >= 0.6 is 31.9 Å². The van der Waals surface area contributed by atoms with E-state index in [4.69, 9.17) is 5.73 Å². The van der Waals surface area contributed by atoms with Crippen LogP contribution in [0, 0.1) is 5.82 Å². The summed E-state index contributed by atoms with van der Waals surface area (Å²) in [5, 5.41) is 2.59. The molecule has 3 nitrogen and oxygen atoms in total. The number of rotatable bonds is 2. The third-order valence-electron chi connectivity index (χ3n) is 2.43. The van der Waals surface area contributed by atoms with Crippen LogP contribution < -0.4 is 11.1 Å². The van der Waals surface area contributed by atoms with E-state index in [0.29, 0.717) is 15.8 Å². The predicted molar refractivity (Wildman–Crippen MR) is 80.6 cm³/mol. The first-order valence-electron chi connectivity index (χ1n) is 5.29. The number of benzene rings is 2. The number of amides is 1. The molecule has 0 aliphatic carbocycles. The zero-order valence-corrected chi connectivity index (χ0v) is 12.8. The van der Waals surface area contributed by atoms with Crippen LogP contribution in [0.1, 0.15) is 10.4 Å². The van der Waals surface area contributed by atoms with Crippen molar-refractivity contribution in [1.29, 1.82) is 0 Å². The molecule has 0 saturated carbocycles. The molecule has 0 bridgehead atoms. The smallest absolute Gasteiger partial charge is 0.258 e. The highest BCUT2D eigenvalue weighted by Crippen LogP contribution is 2.24. The van der Waals surface area contributed by atoms with Gasteiger partial charge >= 0.3 is 0 Å². The number of halogens is 3. The molecule has 0 fully saturated rings. The van der Waals surface area contributed by atoms with Gasteiger partial charge in [-0.25, -0.2) is 4.39 Å². The number of carbonyl (C=O) groups is 1. The lowest BCUT2D eigenvalue weighted by Gasteiger charge is -2.08. The molecule has 19 heavy (non-hydrogen) atoms. The lowest BCUT2D eigenvalue weighted by atomic mass is 10.2. The molecular weight excluding hydrogens is 379 g/mol. The molecule has 3 N–H and O–H groups in total. The molecule has 2 rings (SSSR count). The molecule has 0 aliphatic heterocycles. The second-order valence-corrected chi connectivity index (χ2v) is 5.58. The maximum Gasteiger partial charge on any atom is 0.258 e. The number of carbonyl (C=O) groups excluding carboxylic acids is 1. The first kappa shape index (κ1) is 14.0. The fourth-order valence-corrected chi connectivity index (χ4v) is 2.10. The molecule has 2 aromatic carbocycles. The number of anilines is 2. The van der Waals surface area contributed by atoms with Crippen molar-refractivity contribution in [2.24, 2.45) is 0 Å². The topological polar surface area (TPSA) is 55.1 Å². The summed E-state index contributed by atoms with van der Waals surface area (Å²) in [5.41, 5.74) is 6.68. The number of hydrogen-bond acceptors (Lipinski definition) is 2. The number of nitrogens with one attached hydrogen (secondary N) is 1. The first-order valence-corrected chi connectivity index (χ1v) is 6.87. The van der Waals surface area contributed by atoms with Crippen LogP contribution in [0.25, 0.3) is 0 Å². The van der Waals surface area contributed by atoms with Crippen molar-refractivity contribution >= 4 is 49.1 Å². The third kappa shape index (κ3) is 3.33. The van der Waals surface area contributed by atoms with Gasteiger partial charge in [0.15, 0.2) is 0 Å². The average Bonchev–Trinajstić information content (AvgIpc) is 2.36. The highest BCUT2D eigenvalue weighted by atomic mass is 79.9. The van der Waals surface area contributed by atoms with Crippen LogP contribution in [0.5, 0.6) is 0 Å². The van der Waals surface area contributed by atoms with E-state index in [1.165, 1.54) is 18.2 Å². The number of nitrogen functional groups attached to an aromatic ring is 1. The predicted octanol–water partition coefficient (Wildman–Crippen LogP) is 4.19. The van der Waals surface area contributed by atoms with E-state index in [1.807, 2.05) is 0 Å². The monoisotopic (exact) mass is 386 g/mol. The molecule has 0 aromatic heterocycles. The van der Waals surface area contributed by atoms with E-state index >= 15 is 0 Å². The molecule has 0 saturated heterocycles. The minimum Gasteiger partial charge on any atom is -0.398 e. The Morgan fingerprint density at radius 2 is 1.89 bits per heavy atom. The van der Waals surface area contributed by atoms with Gasteiger partial charge in [0.2, 0.25) is 0 Å². The SMILES string of the molecule is Nc1cc(NC(=O)c2cc(Br)ccc2F)ccc1Br. The van der Waals surface area contributed by atoms with Gasteiger partial charge in [0, 0.05) is 20.3 Å². The van der Waals surface area contributed by atoms with Crippen molar-refractivity contribution < 1.29 is 9.18 Å². The van der Waals surface area contributed by atoms with E-state index in [-0.39, 0.29) is 5.56 Å². The van der Waals surface area contributed by atoms with Gasteiger partial charge in [0.05, 0.1) is 5.56 Å². The van der Waals surface area contributed by atoms with Crippen LogP contribution in [0.3, 0.4) is 0 Å². The molecule has 0 heterocycles. The van der Waals surface area contributed by atoms with Gasteiger partial charge in [-0.1, -0.05) is 15.9 Å². The van der Waals surface area contributed by atoms with Gasteiger partial charge in [-0.15, -0.1) is 0 Å². The Labute approximate surface area is 126 Å². The Bertz CT molecular complexity index is 647. The molecule has 0 unspecified atom stereocenters. The summed E-state index contributed by atoms with van der Waals surface area (Å²) in [7, 11) is 0. The third-order valence-corrected chi connectivity index (χ3v) is 3.64. The highest BCUT2D eigenvalue weighted by molar-refractivity contribution is 9.10. The number of hydrogen-bond donors (Lipinski definition) is 2. The van der Waals surface area contributed by atoms with E-state index in [2.05, 4.69) is 37.2 Å². The van der Waals surface area contributed by atoms with Crippen molar-refractivity contribution in [1.82, 2.24) is 0 Å². The average molecular weight is 388 g/mol. The van der Waals surface area contributed by atoms with Crippen LogP contribution in [-0.4, -0.2) is 5.91 Å². The minimum atomic E-state index is -0.578. The summed E-state index contributed by atoms with van der Waals surface area (Å²) in [6.45, 7) is 0. The summed E-state index contributed by atoms with van der Waals surface area (Å²) >= 11 is 6.46. The summed E-state index contributed by atoms with van der Waals surface area (Å²) in [6, 6.07) is 9.17. The van der Waals surface area contributed by atoms with Crippen LogP contribution in [0.4, 0.5) is 15.8 Å². The number of nitrogens with two attached hydrogens (primary N) is 1. The van der Waals surface area contributed by atoms with E-state index in [9.17, 15) is 9.18 Å². The first-order chi connectivity index (χ1) is 8.97. The lowest BCUT2D eigenvalue weighted by Crippen LogP contribution is -2.14. The van der Waals surface area contributed by atoms with Crippen molar-refractivity contribution in [3.8, 4) is 0 Å². The summed E-state index contributed by atoms with van der Waals surface area (Å²) in [4.78, 5) is 12.0. The normalized spacial score (nSPS) is 10.3. The molecule has 0 radical (unpaired) electrons. The largest absolute Gasteiger partial charge is 0.398 e. The van der Waals surface area contributed by atoms with Crippen molar-refractivity contribution in [3.05, 3.63) is 56.7 Å². The fourth-order valence-electron chi connectivity index (χ4n) is 1.49. The Balaban J connectivity index is 2.25. The fraction of sp³-hybridized carbons (Fsp3) is 0. The van der Waals surface area contributed by atoms with Gasteiger partial charge < -0.3 is 11.1 Å². The molecule has 0 aliphatic rings. The highest BCUT2D eigenvalue weighted by Gasteiger charge is 2.12. The molecule has 0 spiro atoms. The van der Waals surface area contributed by atoms with E-state index in [0.717, 1.165) is 4.47 Å². The van der Waals surface area contributed by atoms with E-state index in [1.54, 1.807) is 18.2 Å². The maximum absolute atomic E-state index is 13.6. The van der Waals surface area contributed by atoms with Gasteiger partial charge in [0.1, 0.15) is 5.82 Å². The molecular formula is C13H9Br2FN2O. The quantitative estimate of drug-likeness (QED) is 0.759. The second-order valence-electron chi connectivity index (χ2n) is 3.81. The van der Waals surface area contributed by atoms with E-state index < -0.39 is 11.7 Å². The summed E-state index contributed by atoms with van der Waals surface area (Å²) < 4.78 is 14.9. The van der Waals surface area contributed by atoms with Crippen molar-refractivity contribution in [2.75, 3.05) is 11.1 Å². The maximum atomic E-state index is 13.6. The Morgan fingerprint density at radius 3 is 2.58 bits per heavy atom. The summed E-state index contributed by atoms with van der Waals surface area (Å²) in [6.07, 6.45) is 0. The molecule has 2 aromatic rings. The van der Waals surface area contributed by atoms with Crippen LogP contribution in [0.15, 0.2) is 45.3 Å². The zero-order valence-electron chi connectivity index (χ0n) is 9.58. The van der Waals surface area contributed by atoms with Crippen molar-refractivity contribution in [2.45, 2.75) is 0 Å². The Morgan fingerprint density at radius 1 is 1.16 bits per heavy atom. The summed E-state index contributed by atoms with van der Waals surface area (Å²) in [5.74, 6) is -1.11. The van der Waals surface area contributed by atoms with Gasteiger partial charge in [0.25, 0.3) is 5.91 Å². The van der Waals surface area contributed by atoms with Crippen LogP contribution in [-0.2, 0) is 0 Å². The van der Waals surface area contributed by atoms with Crippen LogP contribution in [0.2, 0.25) is 0 Å². The molecule has 98 valence electrons. The molecule has 0 atom stereocenters. The molecule has 1 amide bonds. The zero-order chi connectivity index (χ0) is 14.0. The van der Waals surface area contributed by atoms with Gasteiger partial charge in [-0.05, 0) is 52.3 Å². The second kappa shape index (κ2) is 5.71. The standard InChI is InChI=1S/C13H9Br2FN2O/c14-7-1-4-11(16)9(5-7)13(19)18-8-2-3-10(15)12(17)6-8/h1-6H,17H2,(H,18,19). The Hall–Kier alpha value is -1.40. The van der Waals surface area contributed by atoms with Crippen molar-refractivity contribution in [3.63, 3.8) is 0 Å². The Kier molecular flexibility index (Phi) is 4.21. The minimum absolute atomic E-state index is 0.0316. The lowest BCUT2D eigenvalue weighted by molar-refractivity contribution is 0.102. The van der Waals surface area contributed by atoms with Gasteiger partial charge in [-0.2, -0.15) is 0 Å². The van der Waals surface area contributed by atoms with Gasteiger partial charge in [-0.3, -0.25) is 4.79 Å². The molecule has 6 heteroatoms.